The third kappa shape index (κ3) is 4.67. The topological polar surface area (TPSA) is 63.9 Å². The first-order valence-corrected chi connectivity index (χ1v) is 14.2. The Labute approximate surface area is 218 Å². The predicted molar refractivity (Wildman–Crippen MR) is 147 cm³/mol. The number of nitrogens with zero attached hydrogens (tertiary/aromatic N) is 3. The number of fused-ring (bicyclic) bond motifs is 1. The van der Waals surface area contributed by atoms with Gasteiger partial charge in [-0.15, -0.1) is 11.8 Å². The molecule has 0 unspecified atom stereocenters. The molecule has 2 aromatic carbocycles. The fourth-order valence-corrected chi connectivity index (χ4v) is 6.26. The van der Waals surface area contributed by atoms with Crippen molar-refractivity contribution in [2.75, 3.05) is 30.9 Å². The van der Waals surface area contributed by atoms with Gasteiger partial charge in [-0.1, -0.05) is 35.6 Å². The van der Waals surface area contributed by atoms with Crippen molar-refractivity contribution in [1.82, 2.24) is 4.57 Å². The van der Waals surface area contributed by atoms with E-state index in [-0.39, 0.29) is 12.2 Å². The molecular formula is C28H29N3O3S2. The van der Waals surface area contributed by atoms with Crippen molar-refractivity contribution in [3.63, 3.8) is 0 Å². The Morgan fingerprint density at radius 1 is 1.14 bits per heavy atom. The van der Waals surface area contributed by atoms with E-state index in [1.54, 1.807) is 23.3 Å². The Bertz CT molecular complexity index is 1480. The van der Waals surface area contributed by atoms with Crippen molar-refractivity contribution < 1.29 is 9.53 Å². The number of aromatic nitrogens is 1. The number of hydrogen-bond acceptors (Lipinski definition) is 7. The third-order valence-corrected chi connectivity index (χ3v) is 8.34. The van der Waals surface area contributed by atoms with Gasteiger partial charge in [0.1, 0.15) is 0 Å². The van der Waals surface area contributed by atoms with Gasteiger partial charge in [0.05, 0.1) is 28.5 Å². The van der Waals surface area contributed by atoms with Gasteiger partial charge in [-0.25, -0.2) is 9.79 Å². The molecule has 1 saturated heterocycles. The van der Waals surface area contributed by atoms with Crippen LogP contribution >= 0.6 is 23.1 Å². The lowest BCUT2D eigenvalue weighted by atomic mass is 9.96. The van der Waals surface area contributed by atoms with Crippen molar-refractivity contribution in [1.29, 1.82) is 0 Å². The van der Waals surface area contributed by atoms with Crippen LogP contribution in [-0.2, 0) is 9.53 Å². The summed E-state index contributed by atoms with van der Waals surface area (Å²) in [6, 6.07) is 15.7. The molecule has 2 aliphatic rings. The highest BCUT2D eigenvalue weighted by Crippen LogP contribution is 2.31. The Hall–Kier alpha value is -3.10. The molecule has 3 heterocycles. The number of ether oxygens (including phenoxy) is 1. The summed E-state index contributed by atoms with van der Waals surface area (Å²) < 4.78 is 7.60. The molecule has 2 aliphatic heterocycles. The average Bonchev–Trinajstić information content (AvgIpc) is 3.53. The Morgan fingerprint density at radius 3 is 2.47 bits per heavy atom. The molecule has 36 heavy (non-hydrogen) atoms. The largest absolute Gasteiger partial charge is 0.463 e. The number of carbonyl (C=O) groups is 1. The normalized spacial score (nSPS) is 17.8. The molecule has 0 bridgehead atoms. The minimum absolute atomic E-state index is 0.157. The van der Waals surface area contributed by atoms with E-state index in [1.807, 2.05) is 43.5 Å². The van der Waals surface area contributed by atoms with Gasteiger partial charge in [-0.05, 0) is 74.4 Å². The molecule has 8 heteroatoms. The van der Waals surface area contributed by atoms with Crippen LogP contribution in [0.2, 0.25) is 0 Å². The summed E-state index contributed by atoms with van der Waals surface area (Å²) in [5.41, 5.74) is 3.86. The molecule has 1 aromatic heterocycles. The molecule has 1 atom stereocenters. The second kappa shape index (κ2) is 10.5. The maximum absolute atomic E-state index is 13.7. The number of hydrogen-bond donors (Lipinski definition) is 0. The van der Waals surface area contributed by atoms with E-state index >= 15 is 0 Å². The summed E-state index contributed by atoms with van der Waals surface area (Å²) in [6.07, 6.45) is 6.40. The molecular weight excluding hydrogens is 490 g/mol. The number of rotatable bonds is 6. The molecule has 186 valence electrons. The van der Waals surface area contributed by atoms with Gasteiger partial charge in [0.15, 0.2) is 4.80 Å². The lowest BCUT2D eigenvalue weighted by molar-refractivity contribution is -0.139. The van der Waals surface area contributed by atoms with Crippen molar-refractivity contribution in [2.24, 2.45) is 4.99 Å². The van der Waals surface area contributed by atoms with E-state index in [0.29, 0.717) is 20.6 Å². The molecule has 5 rings (SSSR count). The smallest absolute Gasteiger partial charge is 0.338 e. The van der Waals surface area contributed by atoms with Crippen molar-refractivity contribution in [3.05, 3.63) is 90.6 Å². The first-order valence-electron chi connectivity index (χ1n) is 12.2. The minimum atomic E-state index is -0.587. The average molecular weight is 520 g/mol. The van der Waals surface area contributed by atoms with E-state index in [2.05, 4.69) is 34.2 Å². The number of esters is 1. The van der Waals surface area contributed by atoms with Gasteiger partial charge >= 0.3 is 5.97 Å². The fourth-order valence-electron chi connectivity index (χ4n) is 4.80. The molecule has 0 N–H and O–H groups in total. The van der Waals surface area contributed by atoms with Crippen LogP contribution in [0.15, 0.2) is 74.5 Å². The molecule has 1 fully saturated rings. The second-order valence-electron chi connectivity index (χ2n) is 8.86. The monoisotopic (exact) mass is 519 g/mol. The van der Waals surface area contributed by atoms with Crippen LogP contribution in [0, 0.1) is 0 Å². The van der Waals surface area contributed by atoms with E-state index in [4.69, 9.17) is 4.74 Å². The van der Waals surface area contributed by atoms with Crippen molar-refractivity contribution in [2.45, 2.75) is 37.6 Å². The van der Waals surface area contributed by atoms with Crippen LogP contribution in [0.3, 0.4) is 0 Å². The first kappa shape index (κ1) is 24.6. The molecule has 6 nitrogen and oxygen atoms in total. The standard InChI is InChI=1S/C28H29N3O3S2/c1-4-34-27(33)24-18(2)29-28-31(25(24)20-9-13-22(35-3)14-10-20)26(32)23(36-28)17-19-7-11-21(12-8-19)30-15-5-6-16-30/h7-14,17,25H,4-6,15-16H2,1-3H3/b23-17+/t25-/m1/s1. The van der Waals surface area contributed by atoms with Crippen LogP contribution in [-0.4, -0.2) is 36.5 Å². The third-order valence-electron chi connectivity index (χ3n) is 6.61. The maximum atomic E-state index is 13.7. The number of benzene rings is 2. The van der Waals surface area contributed by atoms with Gasteiger partial charge in [0.25, 0.3) is 5.56 Å². The molecule has 0 amide bonds. The lowest BCUT2D eigenvalue weighted by Crippen LogP contribution is -2.39. The summed E-state index contributed by atoms with van der Waals surface area (Å²) in [4.78, 5) is 35.5. The summed E-state index contributed by atoms with van der Waals surface area (Å²) in [5, 5.41) is 0. The quantitative estimate of drug-likeness (QED) is 0.362. The molecule has 3 aromatic rings. The number of allylic oxidation sites excluding steroid dienone is 1. The van der Waals surface area contributed by atoms with Gasteiger partial charge in [0, 0.05) is 23.7 Å². The Kier molecular flexibility index (Phi) is 7.16. The fraction of sp³-hybridized carbons (Fsp3) is 0.321. The van der Waals surface area contributed by atoms with E-state index < -0.39 is 12.0 Å². The molecule has 0 radical (unpaired) electrons. The van der Waals surface area contributed by atoms with Gasteiger partial charge in [0.2, 0.25) is 0 Å². The number of thiazole rings is 1. The van der Waals surface area contributed by atoms with E-state index in [0.717, 1.165) is 29.1 Å². The van der Waals surface area contributed by atoms with Crippen molar-refractivity contribution in [3.8, 4) is 0 Å². The molecule has 0 saturated carbocycles. The van der Waals surface area contributed by atoms with Crippen LogP contribution in [0.4, 0.5) is 5.69 Å². The van der Waals surface area contributed by atoms with Crippen LogP contribution in [0.1, 0.15) is 43.9 Å². The zero-order chi connectivity index (χ0) is 25.2. The number of anilines is 1. The first-order chi connectivity index (χ1) is 17.5. The SMILES string of the molecule is CCOC(=O)C1=C(C)N=c2s/c(=C/c3ccc(N4CCCC4)cc3)c(=O)n2[C@@H]1c1ccc(SC)cc1. The van der Waals surface area contributed by atoms with E-state index in [9.17, 15) is 9.59 Å². The maximum Gasteiger partial charge on any atom is 0.338 e. The van der Waals surface area contributed by atoms with Crippen LogP contribution in [0.25, 0.3) is 6.08 Å². The molecule has 0 aliphatic carbocycles. The Balaban J connectivity index is 1.60. The summed E-state index contributed by atoms with van der Waals surface area (Å²) in [6.45, 7) is 6.03. The predicted octanol–water partition coefficient (Wildman–Crippen LogP) is 4.12. The van der Waals surface area contributed by atoms with Crippen LogP contribution in [0.5, 0.6) is 0 Å². The zero-order valence-electron chi connectivity index (χ0n) is 20.7. The second-order valence-corrected chi connectivity index (χ2v) is 10.7. The highest BCUT2D eigenvalue weighted by molar-refractivity contribution is 7.98. The van der Waals surface area contributed by atoms with Crippen molar-refractivity contribution >= 4 is 40.8 Å². The Morgan fingerprint density at radius 2 is 1.83 bits per heavy atom. The van der Waals surface area contributed by atoms with Gasteiger partial charge in [-0.2, -0.15) is 0 Å². The number of thioether (sulfide) groups is 1. The summed E-state index contributed by atoms with van der Waals surface area (Å²) in [5.74, 6) is -0.440. The summed E-state index contributed by atoms with van der Waals surface area (Å²) in [7, 11) is 0. The van der Waals surface area contributed by atoms with Gasteiger partial charge in [-0.3, -0.25) is 9.36 Å². The van der Waals surface area contributed by atoms with Gasteiger partial charge < -0.3 is 9.64 Å². The lowest BCUT2D eigenvalue weighted by Gasteiger charge is -2.24. The highest BCUT2D eigenvalue weighted by atomic mass is 32.2. The minimum Gasteiger partial charge on any atom is -0.463 e. The zero-order valence-corrected chi connectivity index (χ0v) is 22.3. The molecule has 0 spiro atoms. The number of carbonyl (C=O) groups excluding carboxylic acids is 1. The highest BCUT2D eigenvalue weighted by Gasteiger charge is 2.33. The summed E-state index contributed by atoms with van der Waals surface area (Å²) >= 11 is 3.00. The van der Waals surface area contributed by atoms with E-state index in [1.165, 1.54) is 29.9 Å². The van der Waals surface area contributed by atoms with Crippen LogP contribution < -0.4 is 19.8 Å².